The Kier molecular flexibility index (Phi) is 6.75. The number of hydrogen-bond donors (Lipinski definition) is 1. The molecule has 0 spiro atoms. The maximum Gasteiger partial charge on any atom is 0.184 e. The van der Waals surface area contributed by atoms with Crippen LogP contribution in [0.15, 0.2) is 42.5 Å². The van der Waals surface area contributed by atoms with E-state index in [1.807, 2.05) is 24.3 Å². The summed E-state index contributed by atoms with van der Waals surface area (Å²) in [5.74, 6) is 1.97. The van der Waals surface area contributed by atoms with Gasteiger partial charge in [-0.1, -0.05) is 31.2 Å². The molecule has 2 aromatic carbocycles. The normalized spacial score (nSPS) is 18.8. The highest BCUT2D eigenvalue weighted by atomic mass is 19.1. The SMILES string of the molecule is CC(CN)C(CCN1CCN(c2cccc3c2OCCO3)CC1)c1ccccc1F. The van der Waals surface area contributed by atoms with Crippen LogP contribution < -0.4 is 20.1 Å². The lowest BCUT2D eigenvalue weighted by molar-refractivity contribution is 0.171. The minimum absolute atomic E-state index is 0.122. The van der Waals surface area contributed by atoms with Crippen LogP contribution >= 0.6 is 0 Å². The molecule has 1 saturated heterocycles. The van der Waals surface area contributed by atoms with E-state index in [1.165, 1.54) is 0 Å². The van der Waals surface area contributed by atoms with Gasteiger partial charge in [-0.15, -0.1) is 0 Å². The van der Waals surface area contributed by atoms with Crippen molar-refractivity contribution in [3.63, 3.8) is 0 Å². The first-order valence-electron chi connectivity index (χ1n) is 11.0. The minimum Gasteiger partial charge on any atom is -0.486 e. The number of fused-ring (bicyclic) bond motifs is 1. The van der Waals surface area contributed by atoms with Crippen molar-refractivity contribution in [2.45, 2.75) is 19.3 Å². The average Bonchev–Trinajstić information content (AvgIpc) is 2.80. The Bertz CT molecular complexity index is 839. The molecule has 2 atom stereocenters. The number of nitrogens with zero attached hydrogens (tertiary/aromatic N) is 2. The van der Waals surface area contributed by atoms with Crippen LogP contribution in [0.5, 0.6) is 11.5 Å². The molecular formula is C24H32FN3O2. The van der Waals surface area contributed by atoms with Crippen LogP contribution in [0, 0.1) is 11.7 Å². The van der Waals surface area contributed by atoms with Gasteiger partial charge in [-0.2, -0.15) is 0 Å². The Morgan fingerprint density at radius 2 is 1.77 bits per heavy atom. The number of hydrogen-bond acceptors (Lipinski definition) is 5. The molecule has 0 aliphatic carbocycles. The van der Waals surface area contributed by atoms with E-state index in [2.05, 4.69) is 22.8 Å². The van der Waals surface area contributed by atoms with Crippen molar-refractivity contribution in [2.24, 2.45) is 11.7 Å². The molecule has 0 bridgehead atoms. The van der Waals surface area contributed by atoms with Crippen molar-refractivity contribution in [1.82, 2.24) is 4.90 Å². The van der Waals surface area contributed by atoms with Crippen LogP contribution in [0.25, 0.3) is 0 Å². The van der Waals surface area contributed by atoms with Gasteiger partial charge in [0.2, 0.25) is 0 Å². The number of anilines is 1. The lowest BCUT2D eigenvalue weighted by atomic mass is 9.84. The molecule has 2 aromatic rings. The van der Waals surface area contributed by atoms with Crippen molar-refractivity contribution >= 4 is 5.69 Å². The summed E-state index contributed by atoms with van der Waals surface area (Å²) in [6.45, 7) is 8.67. The minimum atomic E-state index is -0.122. The number of piperazine rings is 1. The second kappa shape index (κ2) is 9.67. The van der Waals surface area contributed by atoms with Crippen LogP contribution in [-0.2, 0) is 0 Å². The van der Waals surface area contributed by atoms with Gasteiger partial charge < -0.3 is 20.1 Å². The Balaban J connectivity index is 1.36. The molecule has 2 aliphatic rings. The zero-order valence-corrected chi connectivity index (χ0v) is 17.7. The van der Waals surface area contributed by atoms with Crippen molar-refractivity contribution < 1.29 is 13.9 Å². The van der Waals surface area contributed by atoms with Gasteiger partial charge in [-0.25, -0.2) is 4.39 Å². The van der Waals surface area contributed by atoms with Crippen LogP contribution in [0.4, 0.5) is 10.1 Å². The summed E-state index contributed by atoms with van der Waals surface area (Å²) in [5.41, 5.74) is 7.85. The Morgan fingerprint density at radius 1 is 1.00 bits per heavy atom. The fourth-order valence-electron chi connectivity index (χ4n) is 4.53. The molecule has 0 amide bonds. The van der Waals surface area contributed by atoms with Crippen molar-refractivity contribution in [3.8, 4) is 11.5 Å². The zero-order valence-electron chi connectivity index (χ0n) is 17.7. The molecule has 6 heteroatoms. The highest BCUT2D eigenvalue weighted by molar-refractivity contribution is 5.65. The highest BCUT2D eigenvalue weighted by Crippen LogP contribution is 2.39. The van der Waals surface area contributed by atoms with Gasteiger partial charge in [0.05, 0.1) is 5.69 Å². The summed E-state index contributed by atoms with van der Waals surface area (Å²) in [7, 11) is 0. The van der Waals surface area contributed by atoms with E-state index in [0.29, 0.717) is 19.8 Å². The van der Waals surface area contributed by atoms with Gasteiger partial charge in [-0.05, 0) is 55.1 Å². The number of nitrogens with two attached hydrogens (primary N) is 1. The van der Waals surface area contributed by atoms with Gasteiger partial charge >= 0.3 is 0 Å². The second-order valence-corrected chi connectivity index (χ2v) is 8.26. The van der Waals surface area contributed by atoms with Gasteiger partial charge in [0.25, 0.3) is 0 Å². The van der Waals surface area contributed by atoms with Gasteiger partial charge in [0, 0.05) is 26.2 Å². The summed E-state index contributed by atoms with van der Waals surface area (Å²) in [6.07, 6.45) is 0.914. The largest absolute Gasteiger partial charge is 0.486 e. The molecule has 2 N–H and O–H groups in total. The molecule has 4 rings (SSSR count). The van der Waals surface area contributed by atoms with Gasteiger partial charge in [-0.3, -0.25) is 4.90 Å². The predicted octanol–water partition coefficient (Wildman–Crippen LogP) is 3.49. The van der Waals surface area contributed by atoms with Crippen molar-refractivity contribution in [3.05, 3.63) is 53.8 Å². The molecule has 5 nitrogen and oxygen atoms in total. The van der Waals surface area contributed by atoms with Crippen molar-refractivity contribution in [2.75, 3.05) is 57.4 Å². The van der Waals surface area contributed by atoms with Crippen LogP contribution in [0.1, 0.15) is 24.8 Å². The average molecular weight is 414 g/mol. The maximum atomic E-state index is 14.4. The predicted molar refractivity (Wildman–Crippen MR) is 118 cm³/mol. The monoisotopic (exact) mass is 413 g/mol. The lowest BCUT2D eigenvalue weighted by Gasteiger charge is -2.38. The molecule has 1 fully saturated rings. The molecule has 2 heterocycles. The number of para-hydroxylation sites is 1. The third-order valence-corrected chi connectivity index (χ3v) is 6.38. The maximum absolute atomic E-state index is 14.4. The van der Waals surface area contributed by atoms with E-state index < -0.39 is 0 Å². The summed E-state index contributed by atoms with van der Waals surface area (Å²) < 4.78 is 26.0. The first-order valence-corrected chi connectivity index (χ1v) is 11.0. The van der Waals surface area contributed by atoms with E-state index in [-0.39, 0.29) is 17.7 Å². The van der Waals surface area contributed by atoms with E-state index in [0.717, 1.165) is 61.9 Å². The Labute approximate surface area is 178 Å². The van der Waals surface area contributed by atoms with E-state index in [4.69, 9.17) is 15.2 Å². The number of ether oxygens (including phenoxy) is 2. The lowest BCUT2D eigenvalue weighted by Crippen LogP contribution is -2.47. The summed E-state index contributed by atoms with van der Waals surface area (Å²) in [6, 6.07) is 13.2. The van der Waals surface area contributed by atoms with Crippen LogP contribution in [-0.4, -0.2) is 57.4 Å². The fraction of sp³-hybridized carbons (Fsp3) is 0.500. The van der Waals surface area contributed by atoms with E-state index in [9.17, 15) is 4.39 Å². The molecule has 30 heavy (non-hydrogen) atoms. The van der Waals surface area contributed by atoms with Crippen molar-refractivity contribution in [1.29, 1.82) is 0 Å². The zero-order chi connectivity index (χ0) is 20.9. The van der Waals surface area contributed by atoms with Crippen LogP contribution in [0.3, 0.4) is 0 Å². The first kappa shape index (κ1) is 20.9. The smallest absolute Gasteiger partial charge is 0.184 e. The molecular weight excluding hydrogens is 381 g/mol. The first-order chi connectivity index (χ1) is 14.7. The Morgan fingerprint density at radius 3 is 2.53 bits per heavy atom. The number of halogens is 1. The third kappa shape index (κ3) is 4.55. The molecule has 2 unspecified atom stereocenters. The summed E-state index contributed by atoms with van der Waals surface area (Å²) >= 11 is 0. The van der Waals surface area contributed by atoms with Gasteiger partial charge in [0.15, 0.2) is 11.5 Å². The second-order valence-electron chi connectivity index (χ2n) is 8.26. The molecule has 0 aromatic heterocycles. The summed E-state index contributed by atoms with van der Waals surface area (Å²) in [4.78, 5) is 4.85. The summed E-state index contributed by atoms with van der Waals surface area (Å²) in [5, 5.41) is 0. The molecule has 0 saturated carbocycles. The molecule has 2 aliphatic heterocycles. The molecule has 162 valence electrons. The standard InChI is InChI=1S/C24H32FN3O2/c1-18(17-26)19(20-5-2-3-6-21(20)25)9-10-27-11-13-28(14-12-27)22-7-4-8-23-24(22)30-16-15-29-23/h2-8,18-19H,9-17,26H2,1H3. The van der Waals surface area contributed by atoms with Crippen LogP contribution in [0.2, 0.25) is 0 Å². The molecule has 0 radical (unpaired) electrons. The topological polar surface area (TPSA) is 51.0 Å². The quantitative estimate of drug-likeness (QED) is 0.753. The fourth-order valence-corrected chi connectivity index (χ4v) is 4.53. The Hall–Kier alpha value is -2.31. The highest BCUT2D eigenvalue weighted by Gasteiger charge is 2.26. The number of rotatable bonds is 7. The van der Waals surface area contributed by atoms with E-state index >= 15 is 0 Å². The third-order valence-electron chi connectivity index (χ3n) is 6.38. The number of benzene rings is 2. The van der Waals surface area contributed by atoms with E-state index in [1.54, 1.807) is 12.1 Å². The van der Waals surface area contributed by atoms with Gasteiger partial charge in [0.1, 0.15) is 19.0 Å².